The Labute approximate surface area is 189 Å². The van der Waals surface area contributed by atoms with Crippen molar-refractivity contribution in [2.45, 2.75) is 88.6 Å². The van der Waals surface area contributed by atoms with Gasteiger partial charge >= 0.3 is 0 Å². The largest absolute Gasteiger partial charge is 0.358 e. The minimum atomic E-state index is 0. The Kier molecular flexibility index (Phi) is 12.6. The molecule has 1 aromatic rings. The number of nitrogens with zero attached hydrogens (tertiary/aromatic N) is 1. The van der Waals surface area contributed by atoms with Crippen LogP contribution in [0.15, 0.2) is 18.2 Å². The maximum absolute atomic E-state index is 4.89. The molecule has 0 amide bonds. The normalized spacial score (nSPS) is 30.5. The Bertz CT molecular complexity index is 525. The maximum atomic E-state index is 4.89. The first kappa shape index (κ1) is 26.5. The van der Waals surface area contributed by atoms with E-state index in [1.165, 1.54) is 62.8 Å². The fourth-order valence-electron chi connectivity index (χ4n) is 4.95. The molecule has 5 nitrogen and oxygen atoms in total. The average Bonchev–Trinajstić information content (AvgIpc) is 2.69. The molecule has 1 aliphatic heterocycles. The summed E-state index contributed by atoms with van der Waals surface area (Å²) in [5, 5.41) is 15.2. The summed E-state index contributed by atoms with van der Waals surface area (Å²) < 4.78 is 0. The van der Waals surface area contributed by atoms with Gasteiger partial charge in [0.2, 0.25) is 0 Å². The van der Waals surface area contributed by atoms with Crippen molar-refractivity contribution in [1.29, 1.82) is 0 Å². The first-order chi connectivity index (χ1) is 12.9. The summed E-state index contributed by atoms with van der Waals surface area (Å²) >= 11 is 0. The van der Waals surface area contributed by atoms with Gasteiger partial charge < -0.3 is 36.1 Å². The van der Waals surface area contributed by atoms with Crippen molar-refractivity contribution in [2.75, 3.05) is 13.1 Å². The van der Waals surface area contributed by atoms with Gasteiger partial charge in [-0.2, -0.15) is 0 Å². The molecule has 167 valence electrons. The molecule has 3 aliphatic rings. The number of pyridine rings is 1. The van der Waals surface area contributed by atoms with E-state index >= 15 is 0 Å². The van der Waals surface area contributed by atoms with Crippen LogP contribution < -0.4 is 21.3 Å². The zero-order valence-electron chi connectivity index (χ0n) is 18.4. The second-order valence-electron chi connectivity index (χ2n) is 8.29. The first-order valence-electron chi connectivity index (χ1n) is 10.8. The smallest absolute Gasteiger partial charge is 0.0545 e. The minimum Gasteiger partial charge on any atom is -0.358 e. The van der Waals surface area contributed by atoms with Crippen molar-refractivity contribution >= 4 is 0 Å². The summed E-state index contributed by atoms with van der Waals surface area (Å²) in [6.07, 6.45) is 10.5. The molecule has 6 heteroatoms. The molecule has 2 fully saturated rings. The molecule has 1 radical (unpaired) electrons. The van der Waals surface area contributed by atoms with E-state index in [-0.39, 0.29) is 31.9 Å². The quantitative estimate of drug-likeness (QED) is 0.368. The Morgan fingerprint density at radius 2 is 1.00 bits per heavy atom. The summed E-state index contributed by atoms with van der Waals surface area (Å²) in [6, 6.07) is 8.81. The van der Waals surface area contributed by atoms with Gasteiger partial charge in [0.15, 0.2) is 0 Å². The van der Waals surface area contributed by atoms with E-state index in [2.05, 4.69) is 39.5 Å². The number of hydrogen-bond acceptors (Lipinski definition) is 5. The Morgan fingerprint density at radius 1 is 0.621 bits per heavy atom. The summed E-state index contributed by atoms with van der Waals surface area (Å²) in [4.78, 5) is 4.89. The molecule has 4 N–H and O–H groups in total. The van der Waals surface area contributed by atoms with Crippen LogP contribution in [0, 0.1) is 14.9 Å². The van der Waals surface area contributed by atoms with Crippen LogP contribution >= 0.6 is 0 Å². The van der Waals surface area contributed by atoms with Gasteiger partial charge in [-0.05, 0) is 37.8 Å². The Balaban J connectivity index is 0.00000140. The molecule has 2 heterocycles. The van der Waals surface area contributed by atoms with E-state index in [9.17, 15) is 0 Å². The average molecular weight is 443 g/mol. The summed E-state index contributed by atoms with van der Waals surface area (Å²) in [6.45, 7) is 3.89. The second-order valence-corrected chi connectivity index (χ2v) is 8.29. The van der Waals surface area contributed by atoms with Crippen LogP contribution in [0.4, 0.5) is 0 Å². The van der Waals surface area contributed by atoms with Gasteiger partial charge in [0.1, 0.15) is 0 Å². The first-order valence-corrected chi connectivity index (χ1v) is 10.8. The van der Waals surface area contributed by atoms with Gasteiger partial charge in [-0.15, -0.1) is 0 Å². The molecular formula is C23H41MnN5-2. The van der Waals surface area contributed by atoms with Gasteiger partial charge in [-0.1, -0.05) is 31.7 Å². The zero-order valence-corrected chi connectivity index (χ0v) is 19.5. The van der Waals surface area contributed by atoms with Crippen LogP contribution in [0.3, 0.4) is 0 Å². The van der Waals surface area contributed by atoms with Crippen LogP contribution in [0.1, 0.15) is 62.8 Å². The molecule has 1 aromatic heterocycles. The molecule has 0 saturated heterocycles. The van der Waals surface area contributed by atoms with E-state index in [1.54, 1.807) is 0 Å². The van der Waals surface area contributed by atoms with Crippen molar-refractivity contribution in [1.82, 2.24) is 26.3 Å². The van der Waals surface area contributed by atoms with E-state index < -0.39 is 0 Å². The second kappa shape index (κ2) is 13.7. The number of hydrogen-bond donors (Lipinski definition) is 4. The molecule has 4 rings (SSSR count). The molecule has 4 atom stereocenters. The van der Waals surface area contributed by atoms with Gasteiger partial charge in [0, 0.05) is 67.4 Å². The van der Waals surface area contributed by atoms with Crippen LogP contribution in [-0.2, 0) is 30.2 Å². The Morgan fingerprint density at radius 3 is 1.41 bits per heavy atom. The van der Waals surface area contributed by atoms with Gasteiger partial charge in [-0.3, -0.25) is 4.98 Å². The van der Waals surface area contributed by atoms with Crippen LogP contribution in [0.2, 0.25) is 0 Å². The third kappa shape index (κ3) is 7.61. The monoisotopic (exact) mass is 442 g/mol. The molecule has 0 unspecified atom stereocenters. The van der Waals surface area contributed by atoms with Crippen molar-refractivity contribution in [3.8, 4) is 0 Å². The number of aromatic nitrogens is 1. The van der Waals surface area contributed by atoms with E-state index in [0.717, 1.165) is 26.2 Å². The fourth-order valence-corrected chi connectivity index (χ4v) is 4.95. The molecule has 2 bridgehead atoms. The maximum Gasteiger partial charge on any atom is 0.0545 e. The molecule has 2 saturated carbocycles. The van der Waals surface area contributed by atoms with E-state index in [0.29, 0.717) is 24.2 Å². The third-order valence-electron chi connectivity index (χ3n) is 6.43. The van der Waals surface area contributed by atoms with Crippen LogP contribution in [0.25, 0.3) is 0 Å². The van der Waals surface area contributed by atoms with Crippen molar-refractivity contribution in [3.05, 3.63) is 44.4 Å². The SMILES string of the molecule is [CH3-].[CH3-].[Mn].c1cc2nc(c1)CN[C@H]1CCCC[C@@H]1NCCN[C@H]1CCCC[C@@H]1NC2. The molecule has 29 heavy (non-hydrogen) atoms. The third-order valence-corrected chi connectivity index (χ3v) is 6.43. The van der Waals surface area contributed by atoms with Crippen LogP contribution in [0.5, 0.6) is 0 Å². The molecule has 2 aliphatic carbocycles. The van der Waals surface area contributed by atoms with Gasteiger partial charge in [0.05, 0.1) is 11.4 Å². The van der Waals surface area contributed by atoms with Gasteiger partial charge in [0.25, 0.3) is 0 Å². The van der Waals surface area contributed by atoms with Crippen molar-refractivity contribution < 1.29 is 17.1 Å². The standard InChI is InChI=1S/C21H35N5.2CH3.Mn/c1-3-10-20-18(8-1)22-12-13-23-19-9-2-4-11-21(19)25-15-17-7-5-6-16(26-17)14-24-20;;;/h5-7,18-25H,1-4,8-15H2;2*1H3;/q;2*-1;/t18-,19-,20-,21-;;;/m0.../s1. The predicted octanol–water partition coefficient (Wildman–Crippen LogP) is 2.97. The Hall–Kier alpha value is -0.491. The molecule has 0 spiro atoms. The van der Waals surface area contributed by atoms with E-state index in [1.807, 2.05) is 0 Å². The number of rotatable bonds is 0. The van der Waals surface area contributed by atoms with Gasteiger partial charge in [-0.25, -0.2) is 0 Å². The summed E-state index contributed by atoms with van der Waals surface area (Å²) in [5.41, 5.74) is 2.34. The van der Waals surface area contributed by atoms with Crippen molar-refractivity contribution in [3.63, 3.8) is 0 Å². The number of nitrogens with one attached hydrogen (secondary N) is 4. The molecular weight excluding hydrogens is 401 g/mol. The molecule has 0 aromatic carbocycles. The summed E-state index contributed by atoms with van der Waals surface area (Å²) in [7, 11) is 0. The van der Waals surface area contributed by atoms with Crippen molar-refractivity contribution in [2.24, 2.45) is 0 Å². The predicted molar refractivity (Wildman–Crippen MR) is 119 cm³/mol. The topological polar surface area (TPSA) is 61.0 Å². The van der Waals surface area contributed by atoms with E-state index in [4.69, 9.17) is 4.98 Å². The minimum absolute atomic E-state index is 0. The van der Waals surface area contributed by atoms with Crippen LogP contribution in [-0.4, -0.2) is 42.2 Å². The fraction of sp³-hybridized carbons (Fsp3) is 0.696. The summed E-state index contributed by atoms with van der Waals surface area (Å²) in [5.74, 6) is 0. The number of fused-ring (bicyclic) bond motifs is 4. The zero-order chi connectivity index (χ0) is 17.6.